The molecule has 0 unspecified atom stereocenters. The van der Waals surface area contributed by atoms with Crippen LogP contribution in [0, 0.1) is 0 Å². The number of carboxylic acid groups (broad SMARTS) is 1. The molecule has 0 amide bonds. The van der Waals surface area contributed by atoms with Crippen LogP contribution in [0.5, 0.6) is 0 Å². The fourth-order valence-electron chi connectivity index (χ4n) is 2.01. The SMILES string of the molecule is O=C(O)CSC(=O)CCc1ccc(-c2ccccc2Cl)cc1. The molecule has 5 heteroatoms. The quantitative estimate of drug-likeness (QED) is 0.856. The number of carbonyl (C=O) groups is 2. The second-order valence-electron chi connectivity index (χ2n) is 4.73. The molecule has 0 bridgehead atoms. The van der Waals surface area contributed by atoms with Crippen molar-refractivity contribution in [2.75, 3.05) is 5.75 Å². The van der Waals surface area contributed by atoms with Crippen molar-refractivity contribution in [3.63, 3.8) is 0 Å². The predicted octanol–water partition coefficient (Wildman–Crippen LogP) is 4.28. The molecule has 0 fully saturated rings. The molecule has 22 heavy (non-hydrogen) atoms. The zero-order valence-electron chi connectivity index (χ0n) is 11.8. The third-order valence-corrected chi connectivity index (χ3v) is 4.36. The van der Waals surface area contributed by atoms with E-state index in [4.69, 9.17) is 16.7 Å². The predicted molar refractivity (Wildman–Crippen MR) is 90.3 cm³/mol. The third kappa shape index (κ3) is 4.90. The fourth-order valence-corrected chi connectivity index (χ4v) is 2.78. The molecule has 0 aromatic heterocycles. The Kier molecular flexibility index (Phi) is 6.04. The number of hydrogen-bond acceptors (Lipinski definition) is 3. The summed E-state index contributed by atoms with van der Waals surface area (Å²) in [5.41, 5.74) is 3.05. The van der Waals surface area contributed by atoms with Gasteiger partial charge in [0.25, 0.3) is 0 Å². The normalized spacial score (nSPS) is 10.4. The van der Waals surface area contributed by atoms with Crippen LogP contribution in [0.2, 0.25) is 5.02 Å². The first-order valence-electron chi connectivity index (χ1n) is 6.77. The zero-order chi connectivity index (χ0) is 15.9. The van der Waals surface area contributed by atoms with Gasteiger partial charge < -0.3 is 5.11 Å². The standard InChI is InChI=1S/C17H15ClO3S/c18-15-4-2-1-3-14(15)13-8-5-12(6-9-13)7-10-17(21)22-11-16(19)20/h1-6,8-9H,7,10-11H2,(H,19,20). The lowest BCUT2D eigenvalue weighted by Crippen LogP contribution is -2.03. The summed E-state index contributed by atoms with van der Waals surface area (Å²) in [7, 11) is 0. The Morgan fingerprint density at radius 3 is 2.36 bits per heavy atom. The number of halogens is 1. The molecule has 0 aliphatic heterocycles. The molecule has 2 rings (SSSR count). The van der Waals surface area contributed by atoms with E-state index in [1.54, 1.807) is 0 Å². The Morgan fingerprint density at radius 1 is 1.05 bits per heavy atom. The third-order valence-electron chi connectivity index (χ3n) is 3.11. The first-order chi connectivity index (χ1) is 10.6. The lowest BCUT2D eigenvalue weighted by atomic mass is 10.0. The van der Waals surface area contributed by atoms with E-state index in [0.29, 0.717) is 17.9 Å². The fraction of sp³-hybridized carbons (Fsp3) is 0.176. The summed E-state index contributed by atoms with van der Waals surface area (Å²) in [5, 5.41) is 9.13. The smallest absolute Gasteiger partial charge is 0.313 e. The number of rotatable bonds is 6. The van der Waals surface area contributed by atoms with Crippen LogP contribution in [0.15, 0.2) is 48.5 Å². The minimum Gasteiger partial charge on any atom is -0.481 e. The van der Waals surface area contributed by atoms with Crippen LogP contribution in [0.3, 0.4) is 0 Å². The van der Waals surface area contributed by atoms with Crippen molar-refractivity contribution in [1.82, 2.24) is 0 Å². The maximum atomic E-state index is 11.5. The van der Waals surface area contributed by atoms with Gasteiger partial charge in [-0.3, -0.25) is 9.59 Å². The molecular weight excluding hydrogens is 320 g/mol. The summed E-state index contributed by atoms with van der Waals surface area (Å²) < 4.78 is 0. The summed E-state index contributed by atoms with van der Waals surface area (Å²) in [5.74, 6) is -1.15. The van der Waals surface area contributed by atoms with Crippen LogP contribution >= 0.6 is 23.4 Å². The largest absolute Gasteiger partial charge is 0.481 e. The van der Waals surface area contributed by atoms with E-state index in [1.165, 1.54) is 0 Å². The average molecular weight is 335 g/mol. The van der Waals surface area contributed by atoms with Gasteiger partial charge in [0.1, 0.15) is 0 Å². The van der Waals surface area contributed by atoms with E-state index in [2.05, 4.69) is 0 Å². The van der Waals surface area contributed by atoms with Crippen LogP contribution in [0.1, 0.15) is 12.0 Å². The Morgan fingerprint density at radius 2 is 1.73 bits per heavy atom. The number of carbonyl (C=O) groups excluding carboxylic acids is 1. The molecule has 0 atom stereocenters. The molecule has 2 aromatic carbocycles. The highest BCUT2D eigenvalue weighted by atomic mass is 35.5. The maximum absolute atomic E-state index is 11.5. The minimum atomic E-state index is -0.970. The van der Waals surface area contributed by atoms with Crippen molar-refractivity contribution in [1.29, 1.82) is 0 Å². The van der Waals surface area contributed by atoms with E-state index in [1.807, 2.05) is 48.5 Å². The molecule has 0 spiro atoms. The highest BCUT2D eigenvalue weighted by molar-refractivity contribution is 8.14. The van der Waals surface area contributed by atoms with Crippen LogP contribution in [0.4, 0.5) is 0 Å². The van der Waals surface area contributed by atoms with E-state index < -0.39 is 5.97 Å². The van der Waals surface area contributed by atoms with E-state index >= 15 is 0 Å². The number of thioether (sulfide) groups is 1. The Bertz CT molecular complexity index is 668. The average Bonchev–Trinajstić information content (AvgIpc) is 2.52. The summed E-state index contributed by atoms with van der Waals surface area (Å²) >= 11 is 7.02. The molecule has 2 aromatic rings. The molecule has 1 N–H and O–H groups in total. The van der Waals surface area contributed by atoms with Crippen molar-refractivity contribution in [3.05, 3.63) is 59.1 Å². The summed E-state index contributed by atoms with van der Waals surface area (Å²) in [6.07, 6.45) is 0.942. The van der Waals surface area contributed by atoms with E-state index in [0.717, 1.165) is 28.5 Å². The highest BCUT2D eigenvalue weighted by Gasteiger charge is 2.07. The van der Waals surface area contributed by atoms with Gasteiger partial charge in [-0.25, -0.2) is 0 Å². The van der Waals surface area contributed by atoms with Gasteiger partial charge in [0.2, 0.25) is 0 Å². The highest BCUT2D eigenvalue weighted by Crippen LogP contribution is 2.27. The molecule has 0 saturated heterocycles. The molecule has 3 nitrogen and oxygen atoms in total. The number of aryl methyl sites for hydroxylation is 1. The molecule has 114 valence electrons. The molecule has 0 radical (unpaired) electrons. The van der Waals surface area contributed by atoms with Crippen molar-refractivity contribution in [3.8, 4) is 11.1 Å². The topological polar surface area (TPSA) is 54.4 Å². The molecule has 0 aliphatic carbocycles. The number of carboxylic acids is 1. The van der Waals surface area contributed by atoms with Gasteiger partial charge in [-0.15, -0.1) is 0 Å². The van der Waals surface area contributed by atoms with Gasteiger partial charge in [0.15, 0.2) is 5.12 Å². The van der Waals surface area contributed by atoms with Crippen LogP contribution in [-0.4, -0.2) is 21.9 Å². The molecule has 0 saturated carbocycles. The maximum Gasteiger partial charge on any atom is 0.313 e. The Balaban J connectivity index is 1.94. The van der Waals surface area contributed by atoms with E-state index in [-0.39, 0.29) is 10.9 Å². The summed E-state index contributed by atoms with van der Waals surface area (Å²) in [4.78, 5) is 21.9. The Labute approximate surface area is 138 Å². The van der Waals surface area contributed by atoms with Gasteiger partial charge in [0, 0.05) is 17.0 Å². The first-order valence-corrected chi connectivity index (χ1v) is 8.14. The number of hydrogen-bond donors (Lipinski definition) is 1. The lowest BCUT2D eigenvalue weighted by molar-refractivity contribution is -0.134. The van der Waals surface area contributed by atoms with Crippen molar-refractivity contribution in [2.24, 2.45) is 0 Å². The van der Waals surface area contributed by atoms with Crippen molar-refractivity contribution >= 4 is 34.4 Å². The molecule has 0 aliphatic rings. The Hall–Kier alpha value is -1.78. The summed E-state index contributed by atoms with van der Waals surface area (Å²) in [6.45, 7) is 0. The van der Waals surface area contributed by atoms with Crippen LogP contribution in [-0.2, 0) is 16.0 Å². The minimum absolute atomic E-state index is 0.0995. The number of aliphatic carboxylic acids is 1. The van der Waals surface area contributed by atoms with Gasteiger partial charge in [-0.05, 0) is 23.6 Å². The van der Waals surface area contributed by atoms with Crippen molar-refractivity contribution < 1.29 is 14.7 Å². The second-order valence-corrected chi connectivity index (χ2v) is 6.17. The van der Waals surface area contributed by atoms with Gasteiger partial charge in [-0.2, -0.15) is 0 Å². The second kappa shape index (κ2) is 8.01. The number of benzene rings is 2. The van der Waals surface area contributed by atoms with Gasteiger partial charge in [-0.1, -0.05) is 65.8 Å². The van der Waals surface area contributed by atoms with Crippen LogP contribution in [0.25, 0.3) is 11.1 Å². The van der Waals surface area contributed by atoms with Gasteiger partial charge in [0.05, 0.1) is 5.75 Å². The monoisotopic (exact) mass is 334 g/mol. The van der Waals surface area contributed by atoms with Crippen molar-refractivity contribution in [2.45, 2.75) is 12.8 Å². The van der Waals surface area contributed by atoms with Crippen LogP contribution < -0.4 is 0 Å². The van der Waals surface area contributed by atoms with E-state index in [9.17, 15) is 9.59 Å². The lowest BCUT2D eigenvalue weighted by Gasteiger charge is -2.06. The summed E-state index contributed by atoms with van der Waals surface area (Å²) in [6, 6.07) is 15.5. The molecular formula is C17H15ClO3S. The molecule has 0 heterocycles. The zero-order valence-corrected chi connectivity index (χ0v) is 13.4. The first kappa shape index (κ1) is 16.6. The van der Waals surface area contributed by atoms with Gasteiger partial charge >= 0.3 is 5.97 Å².